The Bertz CT molecular complexity index is 745. The Morgan fingerprint density at radius 3 is 2.44 bits per heavy atom. The molecule has 0 saturated heterocycles. The second-order valence-corrected chi connectivity index (χ2v) is 6.41. The minimum Gasteiger partial charge on any atom is -0.484 e. The fourth-order valence-electron chi connectivity index (χ4n) is 2.23. The van der Waals surface area contributed by atoms with Crippen molar-refractivity contribution in [1.29, 1.82) is 0 Å². The van der Waals surface area contributed by atoms with Crippen molar-refractivity contribution < 1.29 is 14.3 Å². The quantitative estimate of drug-likeness (QED) is 0.548. The van der Waals surface area contributed by atoms with Crippen molar-refractivity contribution in [3.05, 3.63) is 63.6 Å². The zero-order valence-corrected chi connectivity index (χ0v) is 15.4. The van der Waals surface area contributed by atoms with E-state index in [4.69, 9.17) is 27.9 Å². The first-order chi connectivity index (χ1) is 12.0. The van der Waals surface area contributed by atoms with Crippen LogP contribution in [0.4, 0.5) is 0 Å². The van der Waals surface area contributed by atoms with Gasteiger partial charge in [0.1, 0.15) is 5.75 Å². The van der Waals surface area contributed by atoms with Crippen molar-refractivity contribution in [2.45, 2.75) is 19.8 Å². The molecule has 0 spiro atoms. The zero-order valence-electron chi connectivity index (χ0n) is 13.9. The van der Waals surface area contributed by atoms with Crippen molar-refractivity contribution in [3.8, 4) is 5.75 Å². The van der Waals surface area contributed by atoms with E-state index in [0.717, 1.165) is 18.4 Å². The van der Waals surface area contributed by atoms with Crippen LogP contribution in [0.15, 0.2) is 42.5 Å². The van der Waals surface area contributed by atoms with Gasteiger partial charge in [-0.05, 0) is 36.6 Å². The Kier molecular flexibility index (Phi) is 7.29. The van der Waals surface area contributed by atoms with Crippen LogP contribution in [-0.2, 0) is 11.2 Å². The van der Waals surface area contributed by atoms with E-state index in [1.54, 1.807) is 30.3 Å². The summed E-state index contributed by atoms with van der Waals surface area (Å²) in [5, 5.41) is 3.64. The lowest BCUT2D eigenvalue weighted by molar-refractivity contribution is -0.118. The standard InChI is InChI=1S/C19H19Cl2NO3/c1-13(23)22-10-2-3-14-4-6-15(7-5-14)18(24)12-25-19-9-8-16(20)11-17(19)21/h4-9,11H,2-3,10,12H2,1H3,(H,22,23). The van der Waals surface area contributed by atoms with Gasteiger partial charge in [-0.3, -0.25) is 9.59 Å². The number of hydrogen-bond acceptors (Lipinski definition) is 3. The number of amides is 1. The lowest BCUT2D eigenvalue weighted by Crippen LogP contribution is -2.21. The number of carbonyl (C=O) groups is 2. The third-order valence-electron chi connectivity index (χ3n) is 3.54. The van der Waals surface area contributed by atoms with Crippen LogP contribution in [0.25, 0.3) is 0 Å². The van der Waals surface area contributed by atoms with E-state index in [2.05, 4.69) is 5.32 Å². The first-order valence-electron chi connectivity index (χ1n) is 7.90. The number of ether oxygens (including phenoxy) is 1. The van der Waals surface area contributed by atoms with Crippen LogP contribution in [0.1, 0.15) is 29.3 Å². The van der Waals surface area contributed by atoms with Crippen molar-refractivity contribution in [2.24, 2.45) is 0 Å². The van der Waals surface area contributed by atoms with Crippen LogP contribution >= 0.6 is 23.2 Å². The lowest BCUT2D eigenvalue weighted by atomic mass is 10.1. The topological polar surface area (TPSA) is 55.4 Å². The maximum atomic E-state index is 12.2. The summed E-state index contributed by atoms with van der Waals surface area (Å²) in [6.07, 6.45) is 1.69. The Hall–Kier alpha value is -2.04. The number of carbonyl (C=O) groups excluding carboxylic acids is 2. The molecular weight excluding hydrogens is 361 g/mol. The molecule has 0 aliphatic heterocycles. The third kappa shape index (κ3) is 6.40. The summed E-state index contributed by atoms with van der Waals surface area (Å²) in [5.41, 5.74) is 1.69. The molecule has 0 unspecified atom stereocenters. The molecule has 25 heavy (non-hydrogen) atoms. The second kappa shape index (κ2) is 9.44. The molecule has 0 heterocycles. The molecule has 0 aliphatic carbocycles. The Balaban J connectivity index is 1.84. The molecule has 0 aliphatic rings. The van der Waals surface area contributed by atoms with E-state index in [1.165, 1.54) is 6.92 Å². The number of rotatable bonds is 8. The molecule has 132 valence electrons. The first-order valence-corrected chi connectivity index (χ1v) is 8.66. The second-order valence-electron chi connectivity index (χ2n) is 5.57. The molecular formula is C19H19Cl2NO3. The predicted molar refractivity (Wildman–Crippen MR) is 99.7 cm³/mol. The minimum atomic E-state index is -0.129. The molecule has 1 N–H and O–H groups in total. The normalized spacial score (nSPS) is 10.4. The average molecular weight is 380 g/mol. The summed E-state index contributed by atoms with van der Waals surface area (Å²) in [6.45, 7) is 2.05. The van der Waals surface area contributed by atoms with Gasteiger partial charge in [0.15, 0.2) is 12.4 Å². The van der Waals surface area contributed by atoms with Gasteiger partial charge in [0.2, 0.25) is 5.91 Å². The van der Waals surface area contributed by atoms with Crippen LogP contribution < -0.4 is 10.1 Å². The van der Waals surface area contributed by atoms with Crippen LogP contribution in [-0.4, -0.2) is 24.8 Å². The number of nitrogens with one attached hydrogen (secondary N) is 1. The van der Waals surface area contributed by atoms with E-state index in [-0.39, 0.29) is 18.3 Å². The lowest BCUT2D eigenvalue weighted by Gasteiger charge is -2.08. The fourth-order valence-corrected chi connectivity index (χ4v) is 2.70. The van der Waals surface area contributed by atoms with Crippen LogP contribution in [0.3, 0.4) is 0 Å². The van der Waals surface area contributed by atoms with E-state index >= 15 is 0 Å². The molecule has 0 saturated carbocycles. The maximum Gasteiger partial charge on any atom is 0.216 e. The Morgan fingerprint density at radius 2 is 1.80 bits per heavy atom. The van der Waals surface area contributed by atoms with Gasteiger partial charge in [-0.25, -0.2) is 0 Å². The minimum absolute atomic E-state index is 0.0262. The molecule has 2 rings (SSSR count). The molecule has 2 aromatic rings. The predicted octanol–water partition coefficient (Wildman–Crippen LogP) is 4.32. The van der Waals surface area contributed by atoms with Crippen molar-refractivity contribution in [1.82, 2.24) is 5.32 Å². The molecule has 0 fully saturated rings. The number of halogens is 2. The van der Waals surface area contributed by atoms with E-state index < -0.39 is 0 Å². The third-order valence-corrected chi connectivity index (χ3v) is 4.08. The van der Waals surface area contributed by atoms with Gasteiger partial charge in [-0.2, -0.15) is 0 Å². The largest absolute Gasteiger partial charge is 0.484 e. The summed E-state index contributed by atoms with van der Waals surface area (Å²) in [6, 6.07) is 12.2. The van der Waals surface area contributed by atoms with Crippen molar-refractivity contribution in [3.63, 3.8) is 0 Å². The monoisotopic (exact) mass is 379 g/mol. The number of benzene rings is 2. The zero-order chi connectivity index (χ0) is 18.2. The number of aryl methyl sites for hydroxylation is 1. The summed E-state index contributed by atoms with van der Waals surface area (Å²) < 4.78 is 5.46. The summed E-state index contributed by atoms with van der Waals surface area (Å²) in [4.78, 5) is 23.0. The highest BCUT2D eigenvalue weighted by Crippen LogP contribution is 2.27. The molecule has 4 nitrogen and oxygen atoms in total. The van der Waals surface area contributed by atoms with Gasteiger partial charge in [0, 0.05) is 24.1 Å². The highest BCUT2D eigenvalue weighted by atomic mass is 35.5. The molecule has 2 aromatic carbocycles. The number of hydrogen-bond donors (Lipinski definition) is 1. The van der Waals surface area contributed by atoms with Gasteiger partial charge in [-0.15, -0.1) is 0 Å². The van der Waals surface area contributed by atoms with Crippen LogP contribution in [0.5, 0.6) is 5.75 Å². The fraction of sp³-hybridized carbons (Fsp3) is 0.263. The van der Waals surface area contributed by atoms with Crippen LogP contribution in [0, 0.1) is 0 Å². The Labute approximate surface area is 157 Å². The molecule has 0 radical (unpaired) electrons. The van der Waals surface area contributed by atoms with Crippen molar-refractivity contribution >= 4 is 34.9 Å². The van der Waals surface area contributed by atoms with Gasteiger partial charge >= 0.3 is 0 Å². The maximum absolute atomic E-state index is 12.2. The van der Waals surface area contributed by atoms with E-state index in [1.807, 2.05) is 12.1 Å². The van der Waals surface area contributed by atoms with E-state index in [0.29, 0.717) is 27.9 Å². The van der Waals surface area contributed by atoms with Gasteiger partial charge in [0.05, 0.1) is 5.02 Å². The molecule has 0 bridgehead atoms. The van der Waals surface area contributed by atoms with E-state index in [9.17, 15) is 9.59 Å². The van der Waals surface area contributed by atoms with Crippen molar-refractivity contribution in [2.75, 3.05) is 13.2 Å². The summed E-state index contributed by atoms with van der Waals surface area (Å²) in [7, 11) is 0. The number of Topliss-reactive ketones (excluding diaryl/α,β-unsaturated/α-hetero) is 1. The summed E-state index contributed by atoms with van der Waals surface area (Å²) >= 11 is 11.8. The Morgan fingerprint density at radius 1 is 1.08 bits per heavy atom. The SMILES string of the molecule is CC(=O)NCCCc1ccc(C(=O)COc2ccc(Cl)cc2Cl)cc1. The van der Waals surface area contributed by atoms with Crippen LogP contribution in [0.2, 0.25) is 10.0 Å². The molecule has 6 heteroatoms. The number of ketones is 1. The highest BCUT2D eigenvalue weighted by molar-refractivity contribution is 6.35. The highest BCUT2D eigenvalue weighted by Gasteiger charge is 2.09. The average Bonchev–Trinajstić information content (AvgIpc) is 2.58. The van der Waals surface area contributed by atoms with Gasteiger partial charge in [0.25, 0.3) is 0 Å². The first kappa shape index (κ1) is 19.3. The smallest absolute Gasteiger partial charge is 0.216 e. The molecule has 1 amide bonds. The van der Waals surface area contributed by atoms with Gasteiger partial charge in [-0.1, -0.05) is 47.5 Å². The summed E-state index contributed by atoms with van der Waals surface area (Å²) in [5.74, 6) is 0.270. The molecule has 0 atom stereocenters. The molecule has 0 aromatic heterocycles. The van der Waals surface area contributed by atoms with Gasteiger partial charge < -0.3 is 10.1 Å².